The van der Waals surface area contributed by atoms with Crippen LogP contribution in [0.15, 0.2) is 16.5 Å². The zero-order chi connectivity index (χ0) is 16.3. The molecule has 116 valence electrons. The Morgan fingerprint density at radius 3 is 2.32 bits per heavy atom. The maximum Gasteiger partial charge on any atom is 0.342 e. The van der Waals surface area contributed by atoms with E-state index in [2.05, 4.69) is 15.3 Å². The van der Waals surface area contributed by atoms with Crippen LogP contribution in [0.4, 0.5) is 5.95 Å². The van der Waals surface area contributed by atoms with Crippen molar-refractivity contribution in [2.75, 3.05) is 11.9 Å². The number of hydrogen-bond donors (Lipinski definition) is 1. The van der Waals surface area contributed by atoms with Crippen molar-refractivity contribution < 1.29 is 18.7 Å². The SMILES string of the molecule is Cc1cc(C)nc(NC(=O)COC(=O)c2cc(C)oc2C)n1. The fraction of sp³-hybridized carbons (Fsp3) is 0.333. The molecule has 0 saturated carbocycles. The highest BCUT2D eigenvalue weighted by molar-refractivity contribution is 5.95. The first-order valence-corrected chi connectivity index (χ1v) is 6.71. The van der Waals surface area contributed by atoms with Gasteiger partial charge in [0.15, 0.2) is 6.61 Å². The van der Waals surface area contributed by atoms with Gasteiger partial charge in [-0.3, -0.25) is 10.1 Å². The van der Waals surface area contributed by atoms with Crippen LogP contribution in [0.25, 0.3) is 0 Å². The van der Waals surface area contributed by atoms with Crippen molar-refractivity contribution in [2.45, 2.75) is 27.7 Å². The molecule has 0 aromatic carbocycles. The second-order valence-electron chi connectivity index (χ2n) is 4.93. The maximum atomic E-state index is 11.9. The molecule has 0 aliphatic carbocycles. The van der Waals surface area contributed by atoms with Gasteiger partial charge in [-0.05, 0) is 39.8 Å². The average Bonchev–Trinajstić information content (AvgIpc) is 2.74. The molecular weight excluding hydrogens is 286 g/mol. The highest BCUT2D eigenvalue weighted by atomic mass is 16.5. The number of aryl methyl sites for hydroxylation is 4. The monoisotopic (exact) mass is 303 g/mol. The number of rotatable bonds is 4. The minimum Gasteiger partial charge on any atom is -0.466 e. The first-order valence-electron chi connectivity index (χ1n) is 6.71. The Labute approximate surface area is 127 Å². The van der Waals surface area contributed by atoms with Crippen LogP contribution < -0.4 is 5.32 Å². The normalized spacial score (nSPS) is 10.4. The van der Waals surface area contributed by atoms with E-state index in [1.54, 1.807) is 39.8 Å². The number of esters is 1. The van der Waals surface area contributed by atoms with Crippen LogP contribution >= 0.6 is 0 Å². The van der Waals surface area contributed by atoms with Gasteiger partial charge in [-0.1, -0.05) is 0 Å². The zero-order valence-electron chi connectivity index (χ0n) is 12.9. The molecule has 1 amide bonds. The quantitative estimate of drug-likeness (QED) is 0.869. The van der Waals surface area contributed by atoms with E-state index in [-0.39, 0.29) is 5.95 Å². The third-order valence-corrected chi connectivity index (χ3v) is 2.83. The smallest absolute Gasteiger partial charge is 0.342 e. The lowest BCUT2D eigenvalue weighted by Gasteiger charge is -2.06. The van der Waals surface area contributed by atoms with Gasteiger partial charge in [-0.25, -0.2) is 14.8 Å². The Morgan fingerprint density at radius 2 is 1.77 bits per heavy atom. The van der Waals surface area contributed by atoms with Crippen molar-refractivity contribution in [2.24, 2.45) is 0 Å². The second kappa shape index (κ2) is 6.38. The number of amides is 1. The molecule has 0 aliphatic rings. The van der Waals surface area contributed by atoms with Crippen molar-refractivity contribution >= 4 is 17.8 Å². The topological polar surface area (TPSA) is 94.3 Å². The predicted molar refractivity (Wildman–Crippen MR) is 78.6 cm³/mol. The number of ether oxygens (including phenoxy) is 1. The van der Waals surface area contributed by atoms with E-state index in [4.69, 9.17) is 9.15 Å². The summed E-state index contributed by atoms with van der Waals surface area (Å²) in [5, 5.41) is 2.49. The van der Waals surface area contributed by atoms with Crippen LogP contribution in [0.5, 0.6) is 0 Å². The number of hydrogen-bond acceptors (Lipinski definition) is 6. The summed E-state index contributed by atoms with van der Waals surface area (Å²) < 4.78 is 10.2. The predicted octanol–water partition coefficient (Wildman–Crippen LogP) is 2.10. The number of carbonyl (C=O) groups is 2. The number of nitrogens with one attached hydrogen (secondary N) is 1. The summed E-state index contributed by atoms with van der Waals surface area (Å²) in [6, 6.07) is 3.36. The van der Waals surface area contributed by atoms with Gasteiger partial charge in [0.2, 0.25) is 5.95 Å². The van der Waals surface area contributed by atoms with E-state index in [9.17, 15) is 9.59 Å². The third-order valence-electron chi connectivity index (χ3n) is 2.83. The van der Waals surface area contributed by atoms with E-state index in [0.717, 1.165) is 11.4 Å². The van der Waals surface area contributed by atoms with Gasteiger partial charge >= 0.3 is 5.97 Å². The van der Waals surface area contributed by atoms with Gasteiger partial charge < -0.3 is 9.15 Å². The molecule has 0 atom stereocenters. The molecule has 2 aromatic heterocycles. The van der Waals surface area contributed by atoms with Crippen LogP contribution in [0.1, 0.15) is 33.3 Å². The average molecular weight is 303 g/mol. The van der Waals surface area contributed by atoms with Crippen molar-refractivity contribution in [3.05, 3.63) is 40.6 Å². The Morgan fingerprint density at radius 1 is 1.14 bits per heavy atom. The minimum atomic E-state index is -0.606. The van der Waals surface area contributed by atoms with Crippen molar-refractivity contribution in [3.8, 4) is 0 Å². The molecule has 22 heavy (non-hydrogen) atoms. The molecule has 2 aromatic rings. The molecule has 0 radical (unpaired) electrons. The molecule has 0 aliphatic heterocycles. The second-order valence-corrected chi connectivity index (χ2v) is 4.93. The fourth-order valence-corrected chi connectivity index (χ4v) is 1.98. The lowest BCUT2D eigenvalue weighted by atomic mass is 10.2. The first kappa shape index (κ1) is 15.7. The summed E-state index contributed by atoms with van der Waals surface area (Å²) in [6.45, 7) is 6.57. The molecule has 0 saturated heterocycles. The molecule has 0 spiro atoms. The third kappa shape index (κ3) is 3.91. The van der Waals surface area contributed by atoms with Gasteiger partial charge in [0.05, 0.1) is 0 Å². The summed E-state index contributed by atoms with van der Waals surface area (Å²) in [5.41, 5.74) is 1.79. The van der Waals surface area contributed by atoms with Gasteiger partial charge in [0.25, 0.3) is 5.91 Å². The fourth-order valence-electron chi connectivity index (χ4n) is 1.98. The Hall–Kier alpha value is -2.70. The van der Waals surface area contributed by atoms with Gasteiger partial charge in [0, 0.05) is 11.4 Å². The molecule has 7 heteroatoms. The molecule has 0 bridgehead atoms. The number of anilines is 1. The van der Waals surface area contributed by atoms with Crippen molar-refractivity contribution in [1.82, 2.24) is 9.97 Å². The summed E-state index contributed by atoms with van der Waals surface area (Å²) in [4.78, 5) is 31.8. The molecule has 0 unspecified atom stereocenters. The van der Waals surface area contributed by atoms with Crippen molar-refractivity contribution in [1.29, 1.82) is 0 Å². The Bertz CT molecular complexity index is 701. The van der Waals surface area contributed by atoms with E-state index in [0.29, 0.717) is 17.1 Å². The van der Waals surface area contributed by atoms with Gasteiger partial charge in [0.1, 0.15) is 17.1 Å². The van der Waals surface area contributed by atoms with Crippen LogP contribution in [-0.2, 0) is 9.53 Å². The first-order chi connectivity index (χ1) is 10.3. The van der Waals surface area contributed by atoms with E-state index in [1.807, 2.05) is 0 Å². The summed E-state index contributed by atoms with van der Waals surface area (Å²) in [5.74, 6) is 0.147. The maximum absolute atomic E-state index is 11.9. The summed E-state index contributed by atoms with van der Waals surface area (Å²) in [6.07, 6.45) is 0. The van der Waals surface area contributed by atoms with Gasteiger partial charge in [-0.2, -0.15) is 0 Å². The molecule has 2 heterocycles. The van der Waals surface area contributed by atoms with Crippen LogP contribution in [0.3, 0.4) is 0 Å². The summed E-state index contributed by atoms with van der Waals surface area (Å²) in [7, 11) is 0. The van der Waals surface area contributed by atoms with Crippen LogP contribution in [0, 0.1) is 27.7 Å². The molecule has 2 rings (SSSR count). The Kier molecular flexibility index (Phi) is 4.55. The number of aromatic nitrogens is 2. The van der Waals surface area contributed by atoms with Crippen LogP contribution in [0.2, 0.25) is 0 Å². The molecule has 0 fully saturated rings. The Balaban J connectivity index is 1.92. The highest BCUT2D eigenvalue weighted by Gasteiger charge is 2.16. The lowest BCUT2D eigenvalue weighted by molar-refractivity contribution is -0.119. The zero-order valence-corrected chi connectivity index (χ0v) is 12.9. The highest BCUT2D eigenvalue weighted by Crippen LogP contribution is 2.14. The largest absolute Gasteiger partial charge is 0.466 e. The lowest BCUT2D eigenvalue weighted by Crippen LogP contribution is -2.22. The number of nitrogens with zero attached hydrogens (tertiary/aromatic N) is 2. The molecular formula is C15H17N3O4. The number of furan rings is 1. The minimum absolute atomic E-state index is 0.189. The summed E-state index contributed by atoms with van der Waals surface area (Å²) >= 11 is 0. The standard InChI is InChI=1S/C15H17N3O4/c1-8-5-9(2)17-15(16-8)18-13(19)7-21-14(20)12-6-10(3)22-11(12)4/h5-6H,7H2,1-4H3,(H,16,17,18,19). The van der Waals surface area contributed by atoms with E-state index in [1.165, 1.54) is 0 Å². The molecule has 1 N–H and O–H groups in total. The van der Waals surface area contributed by atoms with E-state index < -0.39 is 18.5 Å². The van der Waals surface area contributed by atoms with E-state index >= 15 is 0 Å². The van der Waals surface area contributed by atoms with Gasteiger partial charge in [-0.15, -0.1) is 0 Å². The molecule has 7 nitrogen and oxygen atoms in total. The van der Waals surface area contributed by atoms with Crippen molar-refractivity contribution in [3.63, 3.8) is 0 Å². The number of carbonyl (C=O) groups excluding carboxylic acids is 2. The van der Waals surface area contributed by atoms with Crippen LogP contribution in [-0.4, -0.2) is 28.5 Å².